The Labute approximate surface area is 190 Å². The molecule has 0 fully saturated rings. The smallest absolute Gasteiger partial charge is 0.306 e. The average Bonchev–Trinajstić information content (AvgIpc) is 3.21. The summed E-state index contributed by atoms with van der Waals surface area (Å²) in [6.07, 6.45) is 2.34. The molecule has 0 aliphatic carbocycles. The van der Waals surface area contributed by atoms with Crippen molar-refractivity contribution in [2.75, 3.05) is 0 Å². The number of rotatable bonds is 7. The molecule has 2 N–H and O–H groups in total. The van der Waals surface area contributed by atoms with Crippen molar-refractivity contribution in [2.24, 2.45) is 5.92 Å². The lowest BCUT2D eigenvalue weighted by Crippen LogP contribution is -2.12. The van der Waals surface area contributed by atoms with E-state index in [1.807, 2.05) is 48.7 Å². The number of fused-ring (bicyclic) bond motifs is 1. The van der Waals surface area contributed by atoms with Crippen molar-refractivity contribution in [1.29, 1.82) is 0 Å². The number of carboxylic acids is 1. The number of H-pyrrole nitrogens is 1. The van der Waals surface area contributed by atoms with Gasteiger partial charge in [-0.2, -0.15) is 0 Å². The fourth-order valence-corrected chi connectivity index (χ4v) is 3.97. The molecular formula is C25H21Cl2NO3. The van der Waals surface area contributed by atoms with Crippen LogP contribution in [0, 0.1) is 5.92 Å². The van der Waals surface area contributed by atoms with E-state index in [-0.39, 0.29) is 0 Å². The third kappa shape index (κ3) is 4.87. The van der Waals surface area contributed by atoms with Gasteiger partial charge in [-0.1, -0.05) is 48.3 Å². The Kier molecular flexibility index (Phi) is 6.21. The van der Waals surface area contributed by atoms with Gasteiger partial charge in [0, 0.05) is 32.9 Å². The number of carbonyl (C=O) groups is 1. The van der Waals surface area contributed by atoms with Gasteiger partial charge in [-0.3, -0.25) is 4.79 Å². The molecular weight excluding hydrogens is 433 g/mol. The summed E-state index contributed by atoms with van der Waals surface area (Å²) in [7, 11) is 0. The Morgan fingerprint density at radius 2 is 1.90 bits per heavy atom. The van der Waals surface area contributed by atoms with E-state index < -0.39 is 11.9 Å². The fourth-order valence-electron chi connectivity index (χ4n) is 3.51. The lowest BCUT2D eigenvalue weighted by Gasteiger charge is -2.15. The minimum Gasteiger partial charge on any atom is -0.488 e. The molecule has 3 aromatic carbocycles. The van der Waals surface area contributed by atoms with Crippen LogP contribution < -0.4 is 4.74 Å². The second-order valence-electron chi connectivity index (χ2n) is 7.58. The van der Waals surface area contributed by atoms with Crippen molar-refractivity contribution >= 4 is 40.1 Å². The number of halogens is 2. The summed E-state index contributed by atoms with van der Waals surface area (Å²) in [6, 6.07) is 19.3. The summed E-state index contributed by atoms with van der Waals surface area (Å²) in [5, 5.41) is 11.5. The van der Waals surface area contributed by atoms with Crippen molar-refractivity contribution < 1.29 is 14.6 Å². The normalized spacial score (nSPS) is 12.1. The van der Waals surface area contributed by atoms with E-state index in [1.54, 1.807) is 19.1 Å². The first-order valence-corrected chi connectivity index (χ1v) is 10.7. The highest BCUT2D eigenvalue weighted by molar-refractivity contribution is 6.35. The first-order valence-electron chi connectivity index (χ1n) is 9.90. The van der Waals surface area contributed by atoms with Crippen LogP contribution in [-0.4, -0.2) is 16.1 Å². The van der Waals surface area contributed by atoms with Gasteiger partial charge in [0.15, 0.2) is 0 Å². The summed E-state index contributed by atoms with van der Waals surface area (Å²) in [5.41, 5.74) is 4.73. The van der Waals surface area contributed by atoms with Gasteiger partial charge in [-0.05, 0) is 65.4 Å². The van der Waals surface area contributed by atoms with Gasteiger partial charge in [0.25, 0.3) is 0 Å². The van der Waals surface area contributed by atoms with E-state index in [4.69, 9.17) is 27.9 Å². The van der Waals surface area contributed by atoms with Crippen molar-refractivity contribution in [3.8, 4) is 16.9 Å². The highest BCUT2D eigenvalue weighted by Crippen LogP contribution is 2.34. The van der Waals surface area contributed by atoms with Crippen molar-refractivity contribution in [3.05, 3.63) is 88.0 Å². The maximum absolute atomic E-state index is 11.3. The molecule has 1 atom stereocenters. The largest absolute Gasteiger partial charge is 0.488 e. The summed E-state index contributed by atoms with van der Waals surface area (Å²) in [6.45, 7) is 2.00. The summed E-state index contributed by atoms with van der Waals surface area (Å²) < 4.78 is 6.15. The molecule has 0 saturated carbocycles. The zero-order valence-electron chi connectivity index (χ0n) is 16.9. The quantitative estimate of drug-likeness (QED) is 0.317. The molecule has 6 heteroatoms. The predicted octanol–water partition coefficient (Wildman–Crippen LogP) is 6.98. The second kappa shape index (κ2) is 9.04. The summed E-state index contributed by atoms with van der Waals surface area (Å²) in [4.78, 5) is 14.5. The molecule has 158 valence electrons. The SMILES string of the molecule is CC(Cc1ccc(OCc2ccc(Cl)cc2Cl)c(-c2ccc3[nH]ccc3c2)c1)C(=O)O. The monoisotopic (exact) mass is 453 g/mol. The Morgan fingerprint density at radius 1 is 1.06 bits per heavy atom. The van der Waals surface area contributed by atoms with Crippen molar-refractivity contribution in [1.82, 2.24) is 4.98 Å². The van der Waals surface area contributed by atoms with E-state index in [1.165, 1.54) is 0 Å². The lowest BCUT2D eigenvalue weighted by molar-refractivity contribution is -0.141. The number of aliphatic carboxylic acids is 1. The van der Waals surface area contributed by atoms with Crippen LogP contribution in [0.4, 0.5) is 0 Å². The van der Waals surface area contributed by atoms with Gasteiger partial charge < -0.3 is 14.8 Å². The van der Waals surface area contributed by atoms with E-state index in [9.17, 15) is 9.90 Å². The van der Waals surface area contributed by atoms with Gasteiger partial charge in [-0.15, -0.1) is 0 Å². The highest BCUT2D eigenvalue weighted by atomic mass is 35.5. The number of aromatic nitrogens is 1. The lowest BCUT2D eigenvalue weighted by atomic mass is 9.96. The van der Waals surface area contributed by atoms with Crippen LogP contribution in [0.2, 0.25) is 10.0 Å². The molecule has 1 aromatic heterocycles. The van der Waals surface area contributed by atoms with Gasteiger partial charge in [0.1, 0.15) is 12.4 Å². The third-order valence-corrected chi connectivity index (χ3v) is 5.86. The Hall–Kier alpha value is -2.95. The molecule has 4 nitrogen and oxygen atoms in total. The van der Waals surface area contributed by atoms with Gasteiger partial charge in [0.2, 0.25) is 0 Å². The molecule has 0 radical (unpaired) electrons. The Balaban J connectivity index is 1.69. The van der Waals surface area contributed by atoms with Crippen LogP contribution in [0.25, 0.3) is 22.0 Å². The summed E-state index contributed by atoms with van der Waals surface area (Å²) in [5.74, 6) is -0.583. The van der Waals surface area contributed by atoms with E-state index >= 15 is 0 Å². The minimum atomic E-state index is -0.812. The molecule has 0 bridgehead atoms. The number of carboxylic acid groups (broad SMARTS) is 1. The van der Waals surface area contributed by atoms with Crippen LogP contribution in [-0.2, 0) is 17.8 Å². The first-order chi connectivity index (χ1) is 14.9. The number of hydrogen-bond donors (Lipinski definition) is 2. The number of nitrogens with one attached hydrogen (secondary N) is 1. The molecule has 31 heavy (non-hydrogen) atoms. The number of hydrogen-bond acceptors (Lipinski definition) is 2. The van der Waals surface area contributed by atoms with E-state index in [0.29, 0.717) is 28.8 Å². The van der Waals surface area contributed by atoms with Gasteiger partial charge in [0.05, 0.1) is 5.92 Å². The van der Waals surface area contributed by atoms with Crippen LogP contribution in [0.5, 0.6) is 5.75 Å². The minimum absolute atomic E-state index is 0.292. The van der Waals surface area contributed by atoms with Crippen LogP contribution in [0.15, 0.2) is 66.9 Å². The number of ether oxygens (including phenoxy) is 1. The van der Waals surface area contributed by atoms with Crippen molar-refractivity contribution in [2.45, 2.75) is 20.0 Å². The molecule has 0 spiro atoms. The Bertz CT molecular complexity index is 1250. The number of benzene rings is 3. The molecule has 1 unspecified atom stereocenters. The maximum Gasteiger partial charge on any atom is 0.306 e. The molecule has 0 aliphatic rings. The summed E-state index contributed by atoms with van der Waals surface area (Å²) >= 11 is 12.3. The molecule has 4 rings (SSSR count). The highest BCUT2D eigenvalue weighted by Gasteiger charge is 2.15. The molecule has 0 amide bonds. The topological polar surface area (TPSA) is 62.3 Å². The standard InChI is InChI=1S/C25H21Cl2NO3/c1-15(25(29)30)10-16-2-7-24(31-14-19-3-5-20(26)13-22(19)27)21(11-16)17-4-6-23-18(12-17)8-9-28-23/h2-9,11-13,15,28H,10,14H2,1H3,(H,29,30). The van der Waals surface area contributed by atoms with Crippen LogP contribution >= 0.6 is 23.2 Å². The average molecular weight is 454 g/mol. The third-order valence-electron chi connectivity index (χ3n) is 5.27. The zero-order chi connectivity index (χ0) is 22.0. The molecule has 4 aromatic rings. The van der Waals surface area contributed by atoms with Gasteiger partial charge >= 0.3 is 5.97 Å². The maximum atomic E-state index is 11.3. The zero-order valence-corrected chi connectivity index (χ0v) is 18.4. The second-order valence-corrected chi connectivity index (χ2v) is 8.42. The number of aromatic amines is 1. The molecule has 0 saturated heterocycles. The van der Waals surface area contributed by atoms with Crippen LogP contribution in [0.3, 0.4) is 0 Å². The Morgan fingerprint density at radius 3 is 2.68 bits per heavy atom. The van der Waals surface area contributed by atoms with Crippen molar-refractivity contribution in [3.63, 3.8) is 0 Å². The molecule has 0 aliphatic heterocycles. The molecule has 1 heterocycles. The van der Waals surface area contributed by atoms with E-state index in [2.05, 4.69) is 11.1 Å². The van der Waals surface area contributed by atoms with E-state index in [0.717, 1.165) is 33.2 Å². The van der Waals surface area contributed by atoms with Crippen LogP contribution in [0.1, 0.15) is 18.1 Å². The fraction of sp³-hybridized carbons (Fsp3) is 0.160. The predicted molar refractivity (Wildman–Crippen MR) is 125 cm³/mol. The first kappa shape index (κ1) is 21.3. The van der Waals surface area contributed by atoms with Gasteiger partial charge in [-0.25, -0.2) is 0 Å².